The molecule has 1 aromatic carbocycles. The van der Waals surface area contributed by atoms with E-state index in [1.165, 1.54) is 32.2 Å². The van der Waals surface area contributed by atoms with Crippen LogP contribution in [0.4, 0.5) is 10.1 Å². The van der Waals surface area contributed by atoms with Crippen molar-refractivity contribution in [3.05, 3.63) is 30.1 Å². The van der Waals surface area contributed by atoms with Crippen molar-refractivity contribution in [3.63, 3.8) is 0 Å². The highest BCUT2D eigenvalue weighted by atomic mass is 19.1. The number of carbonyl (C=O) groups excluding carboxylic acids is 3. The molecule has 1 aliphatic heterocycles. The molecule has 1 saturated heterocycles. The lowest BCUT2D eigenvalue weighted by molar-refractivity contribution is -0.181. The van der Waals surface area contributed by atoms with Crippen LogP contribution in [0.1, 0.15) is 6.92 Å². The Morgan fingerprint density at radius 3 is 2.50 bits per heavy atom. The summed E-state index contributed by atoms with van der Waals surface area (Å²) in [5.41, 5.74) is -0.0409. The van der Waals surface area contributed by atoms with Gasteiger partial charge in [-0.05, 0) is 12.1 Å². The number of hydroxylamine groups is 2. The minimum Gasteiger partial charge on any atom is -0.323 e. The van der Waals surface area contributed by atoms with Gasteiger partial charge in [0.05, 0.1) is 18.7 Å². The van der Waals surface area contributed by atoms with Gasteiger partial charge in [0.15, 0.2) is 0 Å². The summed E-state index contributed by atoms with van der Waals surface area (Å²) < 4.78 is 13.4. The lowest BCUT2D eigenvalue weighted by Crippen LogP contribution is -2.34. The first-order chi connectivity index (χ1) is 9.47. The molecule has 0 spiro atoms. The van der Waals surface area contributed by atoms with Gasteiger partial charge >= 0.3 is 0 Å². The first-order valence-corrected chi connectivity index (χ1v) is 5.94. The van der Waals surface area contributed by atoms with Crippen molar-refractivity contribution in [3.8, 4) is 0 Å². The molecule has 0 aliphatic carbocycles. The Balaban J connectivity index is 2.20. The number of benzene rings is 1. The van der Waals surface area contributed by atoms with E-state index < -0.39 is 35.4 Å². The van der Waals surface area contributed by atoms with E-state index in [-0.39, 0.29) is 5.69 Å². The first kappa shape index (κ1) is 14.1. The molecule has 7 heteroatoms. The largest absolute Gasteiger partial charge is 0.323 e. The lowest BCUT2D eigenvalue weighted by Gasteiger charge is -2.12. The molecule has 0 radical (unpaired) electrons. The third-order valence-electron chi connectivity index (χ3n) is 3.15. The molecule has 0 aromatic heterocycles. The van der Waals surface area contributed by atoms with Crippen LogP contribution in [-0.4, -0.2) is 29.9 Å². The van der Waals surface area contributed by atoms with Gasteiger partial charge in [0.25, 0.3) is 11.8 Å². The number of imide groups is 1. The fourth-order valence-electron chi connectivity index (χ4n) is 2.07. The molecule has 1 aliphatic rings. The number of rotatable bonds is 3. The molecule has 0 bridgehead atoms. The van der Waals surface area contributed by atoms with Crippen LogP contribution in [0.25, 0.3) is 0 Å². The molecule has 1 N–H and O–H groups in total. The molecule has 2 atom stereocenters. The maximum Gasteiger partial charge on any atom is 0.266 e. The number of para-hydroxylation sites is 1. The van der Waals surface area contributed by atoms with Crippen LogP contribution in [0.3, 0.4) is 0 Å². The van der Waals surface area contributed by atoms with Crippen molar-refractivity contribution >= 4 is 23.4 Å². The van der Waals surface area contributed by atoms with Gasteiger partial charge in [-0.25, -0.2) is 4.39 Å². The van der Waals surface area contributed by atoms with Crippen molar-refractivity contribution in [2.75, 3.05) is 12.4 Å². The van der Waals surface area contributed by atoms with E-state index in [2.05, 4.69) is 10.2 Å². The smallest absolute Gasteiger partial charge is 0.266 e. The van der Waals surface area contributed by atoms with Gasteiger partial charge in [-0.15, -0.1) is 0 Å². The second-order valence-electron chi connectivity index (χ2n) is 4.39. The molecule has 1 aromatic rings. The number of hydrogen-bond donors (Lipinski definition) is 1. The molecule has 20 heavy (non-hydrogen) atoms. The van der Waals surface area contributed by atoms with Gasteiger partial charge in [0.1, 0.15) is 11.7 Å². The molecular formula is C13H13FN2O4. The number of nitrogens with one attached hydrogen (secondary N) is 1. The standard InChI is InChI=1S/C13H13FN2O4/c1-7-10(13(19)16(20-2)12(7)18)11(17)15-9-6-4-3-5-8(9)14/h3-7,10H,1-2H3,(H,15,17). The fraction of sp³-hybridized carbons (Fsp3) is 0.308. The molecule has 1 fully saturated rings. The van der Waals surface area contributed by atoms with Crippen molar-refractivity contribution in [1.82, 2.24) is 5.06 Å². The molecular weight excluding hydrogens is 267 g/mol. The highest BCUT2D eigenvalue weighted by molar-refractivity contribution is 6.16. The molecule has 2 rings (SSSR count). The van der Waals surface area contributed by atoms with Crippen LogP contribution in [0, 0.1) is 17.7 Å². The number of anilines is 1. The molecule has 106 valence electrons. The van der Waals surface area contributed by atoms with Crippen LogP contribution in [-0.2, 0) is 19.2 Å². The summed E-state index contributed by atoms with van der Waals surface area (Å²) in [7, 11) is 1.17. The van der Waals surface area contributed by atoms with E-state index in [1.807, 2.05) is 0 Å². The predicted molar refractivity (Wildman–Crippen MR) is 66.5 cm³/mol. The Labute approximate surface area is 114 Å². The fourth-order valence-corrected chi connectivity index (χ4v) is 2.07. The third kappa shape index (κ3) is 2.27. The van der Waals surface area contributed by atoms with E-state index >= 15 is 0 Å². The van der Waals surface area contributed by atoms with Gasteiger partial charge in [-0.1, -0.05) is 19.1 Å². The maximum atomic E-state index is 13.4. The van der Waals surface area contributed by atoms with Crippen LogP contribution < -0.4 is 5.32 Å². The number of carbonyl (C=O) groups is 3. The number of nitrogens with zero attached hydrogens (tertiary/aromatic N) is 1. The van der Waals surface area contributed by atoms with Crippen LogP contribution >= 0.6 is 0 Å². The third-order valence-corrected chi connectivity index (χ3v) is 3.15. The minimum atomic E-state index is -1.22. The summed E-state index contributed by atoms with van der Waals surface area (Å²) in [5.74, 6) is -4.77. The lowest BCUT2D eigenvalue weighted by atomic mass is 9.96. The summed E-state index contributed by atoms with van der Waals surface area (Å²) in [6, 6.07) is 5.57. The van der Waals surface area contributed by atoms with Crippen LogP contribution in [0.2, 0.25) is 0 Å². The summed E-state index contributed by atoms with van der Waals surface area (Å²) in [6.07, 6.45) is 0. The number of amides is 3. The zero-order chi connectivity index (χ0) is 14.9. The normalized spacial score (nSPS) is 22.2. The van der Waals surface area contributed by atoms with Crippen LogP contribution in [0.5, 0.6) is 0 Å². The van der Waals surface area contributed by atoms with Crippen molar-refractivity contribution in [1.29, 1.82) is 0 Å². The van der Waals surface area contributed by atoms with Crippen molar-refractivity contribution < 1.29 is 23.6 Å². The van der Waals surface area contributed by atoms with Gasteiger partial charge in [0.2, 0.25) is 5.91 Å². The predicted octanol–water partition coefficient (Wildman–Crippen LogP) is 0.947. The van der Waals surface area contributed by atoms with Crippen molar-refractivity contribution in [2.45, 2.75) is 6.92 Å². The Morgan fingerprint density at radius 1 is 1.30 bits per heavy atom. The second kappa shape index (κ2) is 5.38. The maximum absolute atomic E-state index is 13.4. The number of hydrogen-bond acceptors (Lipinski definition) is 4. The average molecular weight is 280 g/mol. The molecule has 2 unspecified atom stereocenters. The number of halogens is 1. The Hall–Kier alpha value is -2.28. The monoisotopic (exact) mass is 280 g/mol. The minimum absolute atomic E-state index is 0.0409. The second-order valence-corrected chi connectivity index (χ2v) is 4.39. The van der Waals surface area contributed by atoms with Gasteiger partial charge in [-0.2, -0.15) is 5.06 Å². The zero-order valence-electron chi connectivity index (χ0n) is 10.9. The van der Waals surface area contributed by atoms with E-state index in [1.54, 1.807) is 6.07 Å². The molecule has 0 saturated carbocycles. The van der Waals surface area contributed by atoms with Crippen molar-refractivity contribution in [2.24, 2.45) is 11.8 Å². The van der Waals surface area contributed by atoms with Gasteiger partial charge < -0.3 is 5.32 Å². The highest BCUT2D eigenvalue weighted by Gasteiger charge is 2.49. The molecule has 1 heterocycles. The molecule has 6 nitrogen and oxygen atoms in total. The zero-order valence-corrected chi connectivity index (χ0v) is 10.9. The first-order valence-electron chi connectivity index (χ1n) is 5.94. The van der Waals surface area contributed by atoms with E-state index in [9.17, 15) is 18.8 Å². The van der Waals surface area contributed by atoms with Crippen LogP contribution in [0.15, 0.2) is 24.3 Å². The van der Waals surface area contributed by atoms with E-state index in [0.717, 1.165) is 0 Å². The Morgan fingerprint density at radius 2 is 1.95 bits per heavy atom. The quantitative estimate of drug-likeness (QED) is 0.660. The highest BCUT2D eigenvalue weighted by Crippen LogP contribution is 2.27. The molecule has 3 amide bonds. The van der Waals surface area contributed by atoms with E-state index in [4.69, 9.17) is 0 Å². The summed E-state index contributed by atoms with van der Waals surface area (Å²) >= 11 is 0. The Bertz CT molecular complexity index is 575. The summed E-state index contributed by atoms with van der Waals surface area (Å²) in [6.45, 7) is 1.45. The van der Waals surface area contributed by atoms with Gasteiger partial charge in [0, 0.05) is 0 Å². The SMILES string of the molecule is CON1C(=O)C(C)C(C(=O)Nc2ccccc2F)C1=O. The average Bonchev–Trinajstić information content (AvgIpc) is 2.63. The Kier molecular flexibility index (Phi) is 3.80. The topological polar surface area (TPSA) is 75.7 Å². The summed E-state index contributed by atoms with van der Waals surface area (Å²) in [4.78, 5) is 40.3. The summed E-state index contributed by atoms with van der Waals surface area (Å²) in [5, 5.41) is 2.86. The van der Waals surface area contributed by atoms with Gasteiger partial charge in [-0.3, -0.25) is 19.2 Å². The van der Waals surface area contributed by atoms with E-state index in [0.29, 0.717) is 5.06 Å².